The molecule has 2 heterocycles. The zero-order valence-electron chi connectivity index (χ0n) is 18.7. The van der Waals surface area contributed by atoms with Gasteiger partial charge in [0.2, 0.25) is 11.8 Å². The second kappa shape index (κ2) is 9.69. The number of rotatable bonds is 8. The van der Waals surface area contributed by atoms with E-state index >= 15 is 0 Å². The topological polar surface area (TPSA) is 74.3 Å². The van der Waals surface area contributed by atoms with Gasteiger partial charge in [-0.1, -0.05) is 38.1 Å². The molecule has 1 fully saturated rings. The second-order valence-corrected chi connectivity index (χ2v) is 9.48. The third-order valence-electron chi connectivity index (χ3n) is 6.46. The van der Waals surface area contributed by atoms with Crippen LogP contribution in [0.25, 0.3) is 10.2 Å². The highest BCUT2D eigenvalue weighted by atomic mass is 32.1. The quantitative estimate of drug-likeness (QED) is 0.546. The highest BCUT2D eigenvalue weighted by Crippen LogP contribution is 2.34. The number of para-hydroxylation sites is 1. The number of hydrogen-bond donors (Lipinski definition) is 2. The summed E-state index contributed by atoms with van der Waals surface area (Å²) in [5.41, 5.74) is 2.61. The van der Waals surface area contributed by atoms with E-state index < -0.39 is 5.41 Å². The molecular weight excluding hydrogens is 420 g/mol. The molecule has 0 radical (unpaired) electrons. The van der Waals surface area contributed by atoms with Crippen molar-refractivity contribution in [3.63, 3.8) is 0 Å². The van der Waals surface area contributed by atoms with Gasteiger partial charge in [-0.25, -0.2) is 4.98 Å². The lowest BCUT2D eigenvalue weighted by Gasteiger charge is -2.30. The molecule has 1 saturated heterocycles. The van der Waals surface area contributed by atoms with Gasteiger partial charge in [-0.2, -0.15) is 0 Å². The molecule has 1 aliphatic rings. The maximum Gasteiger partial charge on any atom is 0.239 e. The predicted octanol–water partition coefficient (Wildman–Crippen LogP) is 3.90. The SMILES string of the molecule is CCC(CC)(Cc1nc2ccccc2s1)C(=O)NCc1ccc(N2CCNC(=O)C2)cc1. The first kappa shape index (κ1) is 22.3. The number of aromatic nitrogens is 1. The van der Waals surface area contributed by atoms with Gasteiger partial charge in [0.05, 0.1) is 27.2 Å². The summed E-state index contributed by atoms with van der Waals surface area (Å²) in [4.78, 5) is 31.7. The van der Waals surface area contributed by atoms with Crippen molar-refractivity contribution < 1.29 is 9.59 Å². The molecule has 2 amide bonds. The van der Waals surface area contributed by atoms with Crippen LogP contribution in [0.3, 0.4) is 0 Å². The van der Waals surface area contributed by atoms with E-state index in [-0.39, 0.29) is 11.8 Å². The van der Waals surface area contributed by atoms with E-state index in [0.29, 0.717) is 26.1 Å². The first-order chi connectivity index (χ1) is 15.5. The lowest BCUT2D eigenvalue weighted by Crippen LogP contribution is -2.47. The largest absolute Gasteiger partial charge is 0.360 e. The first-order valence-electron chi connectivity index (χ1n) is 11.3. The molecule has 3 aromatic rings. The van der Waals surface area contributed by atoms with Gasteiger partial charge < -0.3 is 15.5 Å². The Morgan fingerprint density at radius 2 is 1.91 bits per heavy atom. The molecule has 1 aliphatic heterocycles. The number of nitrogens with zero attached hydrogens (tertiary/aromatic N) is 2. The van der Waals surface area contributed by atoms with Gasteiger partial charge in [-0.15, -0.1) is 11.3 Å². The standard InChI is InChI=1S/C25H30N4O2S/c1-3-25(4-2,15-23-28-20-7-5-6-8-21(20)32-23)24(31)27-16-18-9-11-19(12-10-18)29-14-13-26-22(30)17-29/h5-12H,3-4,13-17H2,1-2H3,(H,26,30)(H,27,31). The van der Waals surface area contributed by atoms with Crippen LogP contribution in [0.15, 0.2) is 48.5 Å². The van der Waals surface area contributed by atoms with Crippen LogP contribution < -0.4 is 15.5 Å². The normalized spacial score (nSPS) is 14.4. The van der Waals surface area contributed by atoms with Crippen molar-refractivity contribution in [3.05, 3.63) is 59.1 Å². The number of fused-ring (bicyclic) bond motifs is 1. The Labute approximate surface area is 193 Å². The molecule has 2 aromatic carbocycles. The molecule has 168 valence electrons. The lowest BCUT2D eigenvalue weighted by molar-refractivity contribution is -0.131. The number of hydrogen-bond acceptors (Lipinski definition) is 5. The molecule has 1 aromatic heterocycles. The summed E-state index contributed by atoms with van der Waals surface area (Å²) in [7, 11) is 0. The van der Waals surface area contributed by atoms with Crippen molar-refractivity contribution in [1.82, 2.24) is 15.6 Å². The third kappa shape index (κ3) is 4.78. The Balaban J connectivity index is 1.40. The van der Waals surface area contributed by atoms with Crippen LogP contribution in [0.5, 0.6) is 0 Å². The molecular formula is C25H30N4O2S. The minimum atomic E-state index is -0.463. The maximum absolute atomic E-state index is 13.3. The van der Waals surface area contributed by atoms with Crippen LogP contribution in [0.1, 0.15) is 37.3 Å². The lowest BCUT2D eigenvalue weighted by atomic mass is 9.78. The monoisotopic (exact) mass is 450 g/mol. The molecule has 6 nitrogen and oxygen atoms in total. The molecule has 0 unspecified atom stereocenters. The molecule has 4 rings (SSSR count). The fraction of sp³-hybridized carbons (Fsp3) is 0.400. The van der Waals surface area contributed by atoms with Crippen LogP contribution in [-0.2, 0) is 22.6 Å². The average molecular weight is 451 g/mol. The number of thiazole rings is 1. The van der Waals surface area contributed by atoms with Crippen molar-refractivity contribution in [2.75, 3.05) is 24.5 Å². The van der Waals surface area contributed by atoms with Gasteiger partial charge >= 0.3 is 0 Å². The summed E-state index contributed by atoms with van der Waals surface area (Å²) in [6, 6.07) is 16.2. The van der Waals surface area contributed by atoms with E-state index in [1.54, 1.807) is 11.3 Å². The molecule has 7 heteroatoms. The summed E-state index contributed by atoms with van der Waals surface area (Å²) in [6.45, 7) is 6.52. The summed E-state index contributed by atoms with van der Waals surface area (Å²) >= 11 is 1.68. The highest BCUT2D eigenvalue weighted by molar-refractivity contribution is 7.18. The zero-order chi connectivity index (χ0) is 22.6. The molecule has 0 bridgehead atoms. The fourth-order valence-corrected chi connectivity index (χ4v) is 5.35. The van der Waals surface area contributed by atoms with Crippen molar-refractivity contribution >= 4 is 39.1 Å². The number of carbonyl (C=O) groups excluding carboxylic acids is 2. The van der Waals surface area contributed by atoms with E-state index in [9.17, 15) is 9.59 Å². The van der Waals surface area contributed by atoms with Gasteiger partial charge in [0.15, 0.2) is 0 Å². The summed E-state index contributed by atoms with van der Waals surface area (Å²) in [5, 5.41) is 7.02. The third-order valence-corrected chi connectivity index (χ3v) is 7.49. The van der Waals surface area contributed by atoms with Gasteiger partial charge in [0.1, 0.15) is 0 Å². The van der Waals surface area contributed by atoms with Crippen LogP contribution in [0.4, 0.5) is 5.69 Å². The van der Waals surface area contributed by atoms with Gasteiger partial charge in [-0.3, -0.25) is 9.59 Å². The molecule has 0 spiro atoms. The van der Waals surface area contributed by atoms with Gasteiger partial charge in [-0.05, 0) is 42.7 Å². The fourth-order valence-electron chi connectivity index (χ4n) is 4.24. The van der Waals surface area contributed by atoms with Gasteiger partial charge in [0.25, 0.3) is 0 Å². The van der Waals surface area contributed by atoms with Crippen molar-refractivity contribution in [2.24, 2.45) is 5.41 Å². The maximum atomic E-state index is 13.3. The molecule has 0 aliphatic carbocycles. The van der Waals surface area contributed by atoms with E-state index in [1.807, 2.05) is 42.5 Å². The number of anilines is 1. The summed E-state index contributed by atoms with van der Waals surface area (Å²) in [5.74, 6) is 0.134. The van der Waals surface area contributed by atoms with Crippen molar-refractivity contribution in [2.45, 2.75) is 39.7 Å². The first-order valence-corrected chi connectivity index (χ1v) is 12.1. The minimum absolute atomic E-state index is 0.0520. The zero-order valence-corrected chi connectivity index (χ0v) is 19.5. The Bertz CT molecular complexity index is 1060. The van der Waals surface area contributed by atoms with Crippen LogP contribution in [0.2, 0.25) is 0 Å². The Kier molecular flexibility index (Phi) is 6.74. The molecule has 0 atom stereocenters. The van der Waals surface area contributed by atoms with E-state index in [4.69, 9.17) is 4.98 Å². The van der Waals surface area contributed by atoms with Gasteiger partial charge in [0, 0.05) is 31.7 Å². The second-order valence-electron chi connectivity index (χ2n) is 8.36. The Morgan fingerprint density at radius 1 is 1.16 bits per heavy atom. The number of amides is 2. The van der Waals surface area contributed by atoms with Crippen molar-refractivity contribution in [3.8, 4) is 0 Å². The smallest absolute Gasteiger partial charge is 0.239 e. The van der Waals surface area contributed by atoms with E-state index in [2.05, 4.69) is 35.4 Å². The molecule has 32 heavy (non-hydrogen) atoms. The van der Waals surface area contributed by atoms with Crippen molar-refractivity contribution in [1.29, 1.82) is 0 Å². The molecule has 0 saturated carbocycles. The Hall–Kier alpha value is -2.93. The van der Waals surface area contributed by atoms with Crippen LogP contribution in [0, 0.1) is 5.41 Å². The highest BCUT2D eigenvalue weighted by Gasteiger charge is 2.36. The minimum Gasteiger partial charge on any atom is -0.360 e. The van der Waals surface area contributed by atoms with Crippen LogP contribution in [-0.4, -0.2) is 36.4 Å². The van der Waals surface area contributed by atoms with E-state index in [1.165, 1.54) is 0 Å². The number of benzene rings is 2. The van der Waals surface area contributed by atoms with E-state index in [0.717, 1.165) is 45.9 Å². The summed E-state index contributed by atoms with van der Waals surface area (Å²) < 4.78 is 1.16. The summed E-state index contributed by atoms with van der Waals surface area (Å²) in [6.07, 6.45) is 2.18. The van der Waals surface area contributed by atoms with Crippen LogP contribution >= 0.6 is 11.3 Å². The average Bonchev–Trinajstić information content (AvgIpc) is 3.23. The number of nitrogens with one attached hydrogen (secondary N) is 2. The predicted molar refractivity (Wildman–Crippen MR) is 130 cm³/mol. The molecule has 2 N–H and O–H groups in total. The Morgan fingerprint density at radius 3 is 2.59 bits per heavy atom. The number of piperazine rings is 1. The number of carbonyl (C=O) groups is 2.